The number of aliphatic hydroxyl groups is 5. The summed E-state index contributed by atoms with van der Waals surface area (Å²) in [6.07, 6.45) is 26.8. The average Bonchev–Trinajstić information content (AvgIpc) is 3.19. The van der Waals surface area contributed by atoms with Crippen LogP contribution >= 0.6 is 7.82 Å². The number of hydrogen-bond acceptors (Lipinski definition) is 11. The monoisotopic (exact) mass is 835 g/mol. The zero-order chi connectivity index (χ0) is 42.0. The maximum absolute atomic E-state index is 12.8. The van der Waals surface area contributed by atoms with Crippen molar-refractivity contribution in [3.8, 4) is 0 Å². The van der Waals surface area contributed by atoms with Gasteiger partial charge in [0.25, 0.3) is 0 Å². The van der Waals surface area contributed by atoms with Gasteiger partial charge in [-0.25, -0.2) is 4.57 Å². The quantitative estimate of drug-likeness (QED) is 0.0150. The molecule has 0 saturated heterocycles. The summed E-state index contributed by atoms with van der Waals surface area (Å²) in [6, 6.07) is 0. The Kier molecular flexibility index (Phi) is 33.6. The minimum absolute atomic E-state index is 0.0786. The lowest BCUT2D eigenvalue weighted by molar-refractivity contribution is -0.220. The summed E-state index contributed by atoms with van der Waals surface area (Å²) >= 11 is 0. The van der Waals surface area contributed by atoms with Crippen molar-refractivity contribution >= 4 is 13.8 Å². The molecule has 12 nitrogen and oxygen atoms in total. The number of aliphatic hydroxyl groups excluding tert-OH is 5. The largest absolute Gasteiger partial charge is 0.472 e. The first kappa shape index (κ1) is 53.8. The van der Waals surface area contributed by atoms with Gasteiger partial charge in [-0.2, -0.15) is 0 Å². The van der Waals surface area contributed by atoms with Crippen LogP contribution < -0.4 is 0 Å². The van der Waals surface area contributed by atoms with Gasteiger partial charge in [-0.05, 0) is 38.5 Å². The fraction of sp³-hybridized carbons (Fsp3) is 0.886. The van der Waals surface area contributed by atoms with Crippen molar-refractivity contribution in [3.05, 3.63) is 24.3 Å². The molecule has 0 spiro atoms. The molecule has 1 aliphatic carbocycles. The number of allylic oxidation sites excluding steroid dienone is 4. The second kappa shape index (κ2) is 35.6. The SMILES string of the molecule is CCC/C=C\C/C=C\CCCCCCCC(=O)OC(COCCCCCCCCCCCCCCCCCCC)COP(=O)(O)OC1C(O)C(O)C(O)C(O)C1O. The van der Waals surface area contributed by atoms with E-state index in [1.54, 1.807) is 0 Å². The standard InChI is InChI=1S/C44H83O12P/c1-3-5-7-9-11-13-15-17-18-19-20-22-24-26-28-30-32-34-53-35-37(36-54-57(51,52)56-44-42(49)40(47)39(46)41(48)43(44)50)55-38(45)33-31-29-27-25-23-21-16-14-12-10-8-6-4-2/h8,10,14,16,37,39-44,46-50H,3-7,9,11-13,15,17-36H2,1-2H3,(H,51,52)/b10-8-,16-14-. The van der Waals surface area contributed by atoms with Crippen LogP contribution in [-0.4, -0.2) is 98.9 Å². The highest BCUT2D eigenvalue weighted by Crippen LogP contribution is 2.47. The number of carbonyl (C=O) groups excluding carboxylic acids is 1. The molecule has 6 atom stereocenters. The summed E-state index contributed by atoms with van der Waals surface area (Å²) in [6.45, 7) is 4.19. The van der Waals surface area contributed by atoms with Crippen LogP contribution in [0.4, 0.5) is 0 Å². The van der Waals surface area contributed by atoms with E-state index in [1.807, 2.05) is 0 Å². The molecule has 0 aromatic carbocycles. The number of hydrogen-bond donors (Lipinski definition) is 6. The van der Waals surface area contributed by atoms with Crippen LogP contribution in [0.25, 0.3) is 0 Å². The van der Waals surface area contributed by atoms with Gasteiger partial charge in [0.15, 0.2) is 0 Å². The molecule has 1 fully saturated rings. The van der Waals surface area contributed by atoms with E-state index in [1.165, 1.54) is 89.9 Å². The van der Waals surface area contributed by atoms with E-state index < -0.39 is 63.1 Å². The molecular formula is C44H83O12P. The van der Waals surface area contributed by atoms with E-state index in [-0.39, 0.29) is 13.0 Å². The Morgan fingerprint density at radius 2 is 1.02 bits per heavy atom. The van der Waals surface area contributed by atoms with Crippen LogP contribution in [0, 0.1) is 0 Å². The van der Waals surface area contributed by atoms with Gasteiger partial charge in [-0.15, -0.1) is 0 Å². The highest BCUT2D eigenvalue weighted by Gasteiger charge is 2.51. The topological polar surface area (TPSA) is 192 Å². The molecule has 0 aromatic rings. The van der Waals surface area contributed by atoms with Gasteiger partial charge in [-0.3, -0.25) is 13.8 Å². The Morgan fingerprint density at radius 1 is 0.561 bits per heavy atom. The van der Waals surface area contributed by atoms with Gasteiger partial charge in [0.05, 0.1) is 13.2 Å². The third-order valence-corrected chi connectivity index (χ3v) is 11.5. The van der Waals surface area contributed by atoms with Gasteiger partial charge >= 0.3 is 13.8 Å². The van der Waals surface area contributed by atoms with Crippen LogP contribution in [0.2, 0.25) is 0 Å². The Labute approximate surface area is 345 Å². The smallest absolute Gasteiger partial charge is 0.457 e. The van der Waals surface area contributed by atoms with Crippen LogP contribution in [0.1, 0.15) is 187 Å². The summed E-state index contributed by atoms with van der Waals surface area (Å²) in [7, 11) is -5.02. The van der Waals surface area contributed by atoms with Crippen LogP contribution in [0.5, 0.6) is 0 Å². The second-order valence-electron chi connectivity index (χ2n) is 15.9. The van der Waals surface area contributed by atoms with Crippen molar-refractivity contribution < 1.29 is 58.3 Å². The van der Waals surface area contributed by atoms with Crippen molar-refractivity contribution in [1.82, 2.24) is 0 Å². The highest BCUT2D eigenvalue weighted by atomic mass is 31.2. The molecule has 336 valence electrons. The third-order valence-electron chi connectivity index (χ3n) is 10.6. The number of ether oxygens (including phenoxy) is 2. The van der Waals surface area contributed by atoms with Crippen LogP contribution in [-0.2, 0) is 27.9 Å². The lowest BCUT2D eigenvalue weighted by atomic mass is 9.85. The van der Waals surface area contributed by atoms with Gasteiger partial charge in [-0.1, -0.05) is 167 Å². The Bertz CT molecular complexity index is 1040. The molecule has 0 amide bonds. The molecule has 13 heteroatoms. The summed E-state index contributed by atoms with van der Waals surface area (Å²) < 4.78 is 34.1. The number of carbonyl (C=O) groups is 1. The first-order chi connectivity index (χ1) is 27.5. The van der Waals surface area contributed by atoms with Crippen LogP contribution in [0.15, 0.2) is 24.3 Å². The summed E-state index contributed by atoms with van der Waals surface area (Å²) in [5, 5.41) is 50.1. The lowest BCUT2D eigenvalue weighted by Crippen LogP contribution is -2.64. The average molecular weight is 835 g/mol. The Hall–Kier alpha value is -1.18. The molecule has 57 heavy (non-hydrogen) atoms. The molecule has 0 radical (unpaired) electrons. The maximum Gasteiger partial charge on any atom is 0.472 e. The maximum atomic E-state index is 12.8. The van der Waals surface area contributed by atoms with Crippen molar-refractivity contribution in [2.45, 2.75) is 230 Å². The zero-order valence-electron chi connectivity index (χ0n) is 35.6. The number of unbranched alkanes of at least 4 members (excludes halogenated alkanes) is 22. The van der Waals surface area contributed by atoms with Crippen molar-refractivity contribution in [3.63, 3.8) is 0 Å². The molecule has 1 saturated carbocycles. The molecule has 0 aliphatic heterocycles. The van der Waals surface area contributed by atoms with Gasteiger partial charge in [0, 0.05) is 13.0 Å². The van der Waals surface area contributed by atoms with Crippen LogP contribution in [0.3, 0.4) is 0 Å². The highest BCUT2D eigenvalue weighted by molar-refractivity contribution is 7.47. The molecule has 6 unspecified atom stereocenters. The predicted octanol–water partition coefficient (Wildman–Crippen LogP) is 8.92. The molecule has 0 bridgehead atoms. The van der Waals surface area contributed by atoms with E-state index in [4.69, 9.17) is 18.5 Å². The van der Waals surface area contributed by atoms with Crippen molar-refractivity contribution in [2.24, 2.45) is 0 Å². The minimum Gasteiger partial charge on any atom is -0.457 e. The molecule has 0 aromatic heterocycles. The first-order valence-electron chi connectivity index (χ1n) is 22.7. The number of phosphoric acid groups is 1. The fourth-order valence-electron chi connectivity index (χ4n) is 6.92. The molecule has 1 rings (SSSR count). The Morgan fingerprint density at radius 3 is 1.54 bits per heavy atom. The summed E-state index contributed by atoms with van der Waals surface area (Å²) in [5.74, 6) is -0.490. The molecular weight excluding hydrogens is 751 g/mol. The minimum atomic E-state index is -5.02. The lowest BCUT2D eigenvalue weighted by Gasteiger charge is -2.41. The normalized spacial score (nSPS) is 23.0. The Balaban J connectivity index is 2.39. The van der Waals surface area contributed by atoms with Crippen molar-refractivity contribution in [2.75, 3.05) is 19.8 Å². The third kappa shape index (κ3) is 28.1. The van der Waals surface area contributed by atoms with E-state index in [9.17, 15) is 39.8 Å². The number of rotatable bonds is 38. The second-order valence-corrected chi connectivity index (χ2v) is 17.3. The van der Waals surface area contributed by atoms with Gasteiger partial charge in [0.1, 0.15) is 42.7 Å². The first-order valence-corrected chi connectivity index (χ1v) is 24.2. The molecule has 1 aliphatic rings. The number of esters is 1. The summed E-state index contributed by atoms with van der Waals surface area (Å²) in [4.78, 5) is 23.1. The van der Waals surface area contributed by atoms with Gasteiger partial charge in [0.2, 0.25) is 0 Å². The fourth-order valence-corrected chi connectivity index (χ4v) is 7.90. The zero-order valence-corrected chi connectivity index (χ0v) is 36.5. The number of phosphoric ester groups is 1. The van der Waals surface area contributed by atoms with E-state index in [0.29, 0.717) is 13.0 Å². The molecule has 0 heterocycles. The van der Waals surface area contributed by atoms with E-state index in [0.717, 1.165) is 70.6 Å². The summed E-state index contributed by atoms with van der Waals surface area (Å²) in [5.41, 5.74) is 0. The predicted molar refractivity (Wildman–Crippen MR) is 226 cm³/mol. The van der Waals surface area contributed by atoms with E-state index >= 15 is 0 Å². The van der Waals surface area contributed by atoms with Gasteiger partial charge < -0.3 is 39.9 Å². The van der Waals surface area contributed by atoms with Crippen molar-refractivity contribution in [1.29, 1.82) is 0 Å². The van der Waals surface area contributed by atoms with E-state index in [2.05, 4.69) is 38.2 Å². The molecule has 6 N–H and O–H groups in total.